The van der Waals surface area contributed by atoms with Gasteiger partial charge in [-0.1, -0.05) is 28.2 Å². The lowest BCUT2D eigenvalue weighted by molar-refractivity contribution is 0.102. The summed E-state index contributed by atoms with van der Waals surface area (Å²) in [6.45, 7) is 2.71. The lowest BCUT2D eigenvalue weighted by Gasteiger charge is -2.02. The second-order valence-electron chi connectivity index (χ2n) is 4.50. The first-order valence-electron chi connectivity index (χ1n) is 6.59. The number of carbonyl (C=O) groups is 1. The molecule has 0 spiro atoms. The Kier molecular flexibility index (Phi) is 4.17. The van der Waals surface area contributed by atoms with Crippen LogP contribution in [-0.2, 0) is 6.54 Å². The van der Waals surface area contributed by atoms with E-state index >= 15 is 0 Å². The summed E-state index contributed by atoms with van der Waals surface area (Å²) in [5, 5.41) is 11.5. The lowest BCUT2D eigenvalue weighted by atomic mass is 10.1. The van der Waals surface area contributed by atoms with E-state index in [1.807, 2.05) is 19.1 Å². The topological polar surface area (TPSA) is 72.7 Å². The van der Waals surface area contributed by atoms with Crippen LogP contribution in [0.15, 0.2) is 36.7 Å². The number of rotatable bonds is 4. The number of hydrogen-bond acceptors (Lipinski definition) is 5. The average molecular weight is 334 g/mol. The molecule has 0 saturated heterocycles. The van der Waals surface area contributed by atoms with Crippen LogP contribution in [0.25, 0.3) is 10.4 Å². The molecule has 0 bridgehead atoms. The summed E-state index contributed by atoms with van der Waals surface area (Å²) in [6.07, 6.45) is 3.36. The molecule has 2 aromatic heterocycles. The van der Waals surface area contributed by atoms with Crippen LogP contribution in [0.5, 0.6) is 0 Å². The number of carbonyl (C=O) groups excluding carboxylic acids is 1. The number of anilines is 1. The van der Waals surface area contributed by atoms with Gasteiger partial charge in [-0.05, 0) is 36.2 Å². The number of benzene rings is 1. The molecule has 0 aliphatic carbocycles. The molecular formula is C14H12ClN5OS. The average Bonchev–Trinajstić information content (AvgIpc) is 3.16. The second-order valence-corrected chi connectivity index (χ2v) is 5.69. The Morgan fingerprint density at radius 2 is 2.14 bits per heavy atom. The van der Waals surface area contributed by atoms with Crippen LogP contribution in [0.1, 0.15) is 17.4 Å². The van der Waals surface area contributed by atoms with Crippen LogP contribution in [0.3, 0.4) is 0 Å². The van der Waals surface area contributed by atoms with E-state index in [1.54, 1.807) is 29.2 Å². The number of aromatic nitrogens is 4. The molecule has 1 aromatic carbocycles. The number of halogens is 1. The molecule has 22 heavy (non-hydrogen) atoms. The van der Waals surface area contributed by atoms with Crippen LogP contribution in [0.4, 0.5) is 5.69 Å². The van der Waals surface area contributed by atoms with Gasteiger partial charge in [-0.25, -0.2) is 0 Å². The first kappa shape index (κ1) is 14.7. The Balaban J connectivity index is 1.84. The molecule has 1 amide bonds. The van der Waals surface area contributed by atoms with Gasteiger partial charge in [0.15, 0.2) is 5.69 Å². The predicted octanol–water partition coefficient (Wildman–Crippen LogP) is 3.33. The Labute approximate surface area is 135 Å². The fourth-order valence-electron chi connectivity index (χ4n) is 1.92. The van der Waals surface area contributed by atoms with Gasteiger partial charge in [0.05, 0.1) is 16.8 Å². The Morgan fingerprint density at radius 1 is 1.36 bits per heavy atom. The third-order valence-electron chi connectivity index (χ3n) is 3.02. The van der Waals surface area contributed by atoms with E-state index < -0.39 is 0 Å². The summed E-state index contributed by atoms with van der Waals surface area (Å²) in [5.74, 6) is -0.311. The number of nitrogens with zero attached hydrogens (tertiary/aromatic N) is 4. The van der Waals surface area contributed by atoms with E-state index in [4.69, 9.17) is 11.6 Å². The highest BCUT2D eigenvalue weighted by atomic mass is 35.5. The lowest BCUT2D eigenvalue weighted by Crippen LogP contribution is -2.13. The first-order valence-corrected chi connectivity index (χ1v) is 7.74. The van der Waals surface area contributed by atoms with Crippen LogP contribution in [0, 0.1) is 0 Å². The molecule has 1 N–H and O–H groups in total. The zero-order chi connectivity index (χ0) is 15.5. The van der Waals surface area contributed by atoms with Gasteiger partial charge in [-0.2, -0.15) is 5.10 Å². The molecule has 0 unspecified atom stereocenters. The molecule has 0 atom stereocenters. The maximum Gasteiger partial charge on any atom is 0.277 e. The van der Waals surface area contributed by atoms with Crippen molar-refractivity contribution in [1.29, 1.82) is 0 Å². The maximum atomic E-state index is 12.4. The van der Waals surface area contributed by atoms with E-state index in [-0.39, 0.29) is 11.6 Å². The minimum absolute atomic E-state index is 0.288. The van der Waals surface area contributed by atoms with Crippen molar-refractivity contribution in [3.05, 3.63) is 47.4 Å². The number of amides is 1. The molecule has 3 rings (SSSR count). The van der Waals surface area contributed by atoms with Crippen molar-refractivity contribution in [3.8, 4) is 10.4 Å². The SMILES string of the molecule is CCn1cc(NC(=O)c2nnsc2-c2ccc(Cl)cc2)cn1. The van der Waals surface area contributed by atoms with Gasteiger partial charge in [0, 0.05) is 17.8 Å². The monoisotopic (exact) mass is 333 g/mol. The number of aryl methyl sites for hydroxylation is 1. The zero-order valence-electron chi connectivity index (χ0n) is 11.7. The van der Waals surface area contributed by atoms with Crippen LogP contribution in [-0.4, -0.2) is 25.3 Å². The van der Waals surface area contributed by atoms with Crippen molar-refractivity contribution in [2.45, 2.75) is 13.5 Å². The largest absolute Gasteiger partial charge is 0.318 e. The normalized spacial score (nSPS) is 10.6. The van der Waals surface area contributed by atoms with Crippen LogP contribution < -0.4 is 5.32 Å². The Morgan fingerprint density at radius 3 is 2.82 bits per heavy atom. The number of hydrogen-bond donors (Lipinski definition) is 1. The molecule has 112 valence electrons. The molecule has 3 aromatic rings. The van der Waals surface area contributed by atoms with E-state index in [0.29, 0.717) is 15.6 Å². The molecule has 8 heteroatoms. The molecule has 0 fully saturated rings. The van der Waals surface area contributed by atoms with Crippen molar-refractivity contribution in [2.24, 2.45) is 0 Å². The van der Waals surface area contributed by atoms with Gasteiger partial charge < -0.3 is 5.32 Å². The predicted molar refractivity (Wildman–Crippen MR) is 86.2 cm³/mol. The van der Waals surface area contributed by atoms with E-state index in [0.717, 1.165) is 12.1 Å². The van der Waals surface area contributed by atoms with Gasteiger partial charge in [0.1, 0.15) is 0 Å². The Hall–Kier alpha value is -2.25. The molecule has 0 aliphatic rings. The minimum atomic E-state index is -0.311. The highest BCUT2D eigenvalue weighted by Crippen LogP contribution is 2.27. The highest BCUT2D eigenvalue weighted by molar-refractivity contribution is 7.09. The molecule has 0 saturated carbocycles. The number of nitrogens with one attached hydrogen (secondary N) is 1. The van der Waals surface area contributed by atoms with Gasteiger partial charge in [0.2, 0.25) is 0 Å². The fourth-order valence-corrected chi connectivity index (χ4v) is 2.71. The quantitative estimate of drug-likeness (QED) is 0.794. The molecular weight excluding hydrogens is 322 g/mol. The van der Waals surface area contributed by atoms with Crippen molar-refractivity contribution in [1.82, 2.24) is 19.4 Å². The van der Waals surface area contributed by atoms with Gasteiger partial charge >= 0.3 is 0 Å². The molecule has 6 nitrogen and oxygen atoms in total. The van der Waals surface area contributed by atoms with Gasteiger partial charge in [0.25, 0.3) is 5.91 Å². The van der Waals surface area contributed by atoms with Gasteiger partial charge in [-0.15, -0.1) is 5.10 Å². The van der Waals surface area contributed by atoms with Crippen molar-refractivity contribution in [3.63, 3.8) is 0 Å². The van der Waals surface area contributed by atoms with Crippen molar-refractivity contribution < 1.29 is 4.79 Å². The summed E-state index contributed by atoms with van der Waals surface area (Å²) in [6, 6.07) is 7.21. The zero-order valence-corrected chi connectivity index (χ0v) is 13.2. The molecule has 2 heterocycles. The van der Waals surface area contributed by atoms with Crippen molar-refractivity contribution in [2.75, 3.05) is 5.32 Å². The van der Waals surface area contributed by atoms with E-state index in [2.05, 4.69) is 20.0 Å². The Bertz CT molecular complexity index is 796. The molecule has 0 aliphatic heterocycles. The summed E-state index contributed by atoms with van der Waals surface area (Å²) < 4.78 is 5.61. The maximum absolute atomic E-state index is 12.4. The summed E-state index contributed by atoms with van der Waals surface area (Å²) in [5.41, 5.74) is 1.77. The molecule has 0 radical (unpaired) electrons. The minimum Gasteiger partial charge on any atom is -0.318 e. The standard InChI is InChI=1S/C14H12ClN5OS/c1-2-20-8-11(7-16-20)17-14(21)12-13(22-19-18-12)9-3-5-10(15)6-4-9/h3-8H,2H2,1H3,(H,17,21). The third-order valence-corrected chi connectivity index (χ3v) is 4.05. The summed E-state index contributed by atoms with van der Waals surface area (Å²) >= 11 is 7.05. The smallest absolute Gasteiger partial charge is 0.277 e. The van der Waals surface area contributed by atoms with Crippen LogP contribution in [0.2, 0.25) is 5.02 Å². The van der Waals surface area contributed by atoms with Gasteiger partial charge in [-0.3, -0.25) is 9.48 Å². The van der Waals surface area contributed by atoms with E-state index in [9.17, 15) is 4.79 Å². The highest BCUT2D eigenvalue weighted by Gasteiger charge is 2.18. The first-order chi connectivity index (χ1) is 10.7. The second kappa shape index (κ2) is 6.25. The summed E-state index contributed by atoms with van der Waals surface area (Å²) in [4.78, 5) is 13.1. The van der Waals surface area contributed by atoms with Crippen LogP contribution >= 0.6 is 23.1 Å². The fraction of sp³-hybridized carbons (Fsp3) is 0.143. The van der Waals surface area contributed by atoms with Crippen molar-refractivity contribution >= 4 is 34.7 Å². The summed E-state index contributed by atoms with van der Waals surface area (Å²) in [7, 11) is 0. The van der Waals surface area contributed by atoms with E-state index in [1.165, 1.54) is 11.5 Å². The third kappa shape index (κ3) is 3.00.